The van der Waals surface area contributed by atoms with Gasteiger partial charge in [0.05, 0.1) is 16.6 Å². The Morgan fingerprint density at radius 3 is 2.81 bits per heavy atom. The van der Waals surface area contributed by atoms with Crippen molar-refractivity contribution in [1.82, 2.24) is 9.80 Å². The molecule has 6 nitrogen and oxygen atoms in total. The van der Waals surface area contributed by atoms with E-state index in [9.17, 15) is 28.2 Å². The number of aliphatic hydroxyl groups is 1. The number of phenols is 1. The van der Waals surface area contributed by atoms with Gasteiger partial charge in [-0.05, 0) is 68.3 Å². The fraction of sp³-hybridized carbons (Fsp3) is 0.464. The molecule has 196 valence electrons. The predicted octanol–water partition coefficient (Wildman–Crippen LogP) is 3.74. The van der Waals surface area contributed by atoms with E-state index in [1.807, 2.05) is 13.1 Å². The third kappa shape index (κ3) is 3.36. The number of benzene rings is 2. The van der Waals surface area contributed by atoms with Crippen LogP contribution in [0.15, 0.2) is 42.5 Å². The molecular formula is C28H29F3N2O4. The lowest BCUT2D eigenvalue weighted by Crippen LogP contribution is -2.77. The largest absolute Gasteiger partial charge is 0.504 e. The summed E-state index contributed by atoms with van der Waals surface area (Å²) in [7, 11) is 3.65. The summed E-state index contributed by atoms with van der Waals surface area (Å²) in [6, 6.07) is 7.87. The number of hydrogen-bond acceptors (Lipinski definition) is 5. The predicted molar refractivity (Wildman–Crippen MR) is 130 cm³/mol. The van der Waals surface area contributed by atoms with Gasteiger partial charge in [-0.3, -0.25) is 4.79 Å². The number of aromatic hydroxyl groups is 1. The minimum Gasteiger partial charge on any atom is -0.504 e. The average molecular weight is 515 g/mol. The Morgan fingerprint density at radius 2 is 2.05 bits per heavy atom. The van der Waals surface area contributed by atoms with Crippen LogP contribution in [0.25, 0.3) is 6.08 Å². The summed E-state index contributed by atoms with van der Waals surface area (Å²) in [4.78, 5) is 16.8. The molecule has 0 radical (unpaired) electrons. The average Bonchev–Trinajstić information content (AvgIpc) is 3.19. The first kappa shape index (κ1) is 24.3. The number of ether oxygens (including phenoxy) is 1. The van der Waals surface area contributed by atoms with E-state index in [2.05, 4.69) is 4.90 Å². The zero-order valence-corrected chi connectivity index (χ0v) is 20.6. The number of rotatable bonds is 3. The highest BCUT2D eigenvalue weighted by atomic mass is 19.4. The Kier molecular flexibility index (Phi) is 5.24. The minimum atomic E-state index is -4.46. The third-order valence-corrected chi connectivity index (χ3v) is 9.17. The van der Waals surface area contributed by atoms with Crippen molar-refractivity contribution in [3.05, 3.63) is 64.7 Å². The van der Waals surface area contributed by atoms with Crippen LogP contribution in [-0.2, 0) is 22.8 Å². The molecule has 37 heavy (non-hydrogen) atoms. The molecule has 1 saturated heterocycles. The molecule has 5 atom stereocenters. The molecule has 1 saturated carbocycles. The van der Waals surface area contributed by atoms with Gasteiger partial charge in [0.2, 0.25) is 5.91 Å². The van der Waals surface area contributed by atoms with Crippen LogP contribution in [-0.4, -0.2) is 70.3 Å². The van der Waals surface area contributed by atoms with Gasteiger partial charge in [-0.1, -0.05) is 18.2 Å². The van der Waals surface area contributed by atoms with Gasteiger partial charge in [0.15, 0.2) is 11.5 Å². The number of nitrogens with zero attached hydrogens (tertiary/aromatic N) is 2. The van der Waals surface area contributed by atoms with Gasteiger partial charge in [-0.25, -0.2) is 0 Å². The maximum Gasteiger partial charge on any atom is 0.416 e. The third-order valence-electron chi connectivity index (χ3n) is 9.17. The maximum atomic E-state index is 13.1. The quantitative estimate of drug-likeness (QED) is 0.611. The number of piperidine rings is 1. The van der Waals surface area contributed by atoms with E-state index in [-0.39, 0.29) is 29.3 Å². The van der Waals surface area contributed by atoms with E-state index in [0.29, 0.717) is 31.4 Å². The van der Waals surface area contributed by atoms with Crippen LogP contribution in [0.5, 0.6) is 11.5 Å². The second-order valence-electron chi connectivity index (χ2n) is 10.9. The SMILES string of the molecule is CN1CC[C@]23c4c5ccc(O)c4O[C@H]2C[C@@H](N(C)C(=O)C=Cc2cccc(C(F)(F)F)c2)C[C@@]3(O)[C@H]1C5. The lowest BCUT2D eigenvalue weighted by atomic mass is 9.48. The number of carbonyl (C=O) groups is 1. The van der Waals surface area contributed by atoms with Gasteiger partial charge in [0, 0.05) is 37.2 Å². The molecular weight excluding hydrogens is 485 g/mol. The van der Waals surface area contributed by atoms with Gasteiger partial charge in [0.1, 0.15) is 6.10 Å². The van der Waals surface area contributed by atoms with Crippen LogP contribution < -0.4 is 4.74 Å². The minimum absolute atomic E-state index is 0.0623. The number of carbonyl (C=O) groups excluding carboxylic acids is 1. The maximum absolute atomic E-state index is 13.1. The molecule has 2 aliphatic carbocycles. The first-order chi connectivity index (χ1) is 17.5. The van der Waals surface area contributed by atoms with E-state index in [1.165, 1.54) is 24.3 Å². The second-order valence-corrected chi connectivity index (χ2v) is 10.9. The zero-order valence-electron chi connectivity index (χ0n) is 20.6. The van der Waals surface area contributed by atoms with Gasteiger partial charge in [-0.2, -0.15) is 13.2 Å². The molecule has 0 unspecified atom stereocenters. The monoisotopic (exact) mass is 514 g/mol. The van der Waals surface area contributed by atoms with Crippen LogP contribution in [0.2, 0.25) is 0 Å². The highest BCUT2D eigenvalue weighted by Gasteiger charge is 2.72. The van der Waals surface area contributed by atoms with Crippen molar-refractivity contribution in [3.8, 4) is 11.5 Å². The standard InChI is InChI=1S/C28H29F3N2O4/c1-32-11-10-26-22-14-19(33(2)23(35)9-6-16-4-3-5-18(12-16)28(29,30)31)15-27(26,36)21(32)13-17-7-8-20(34)25(37-22)24(17)26/h3-9,12,19,21-22,34,36H,10-11,13-15H2,1-2H3/t19-,21-,22+,26-,27-/m1/s1. The van der Waals surface area contributed by atoms with E-state index >= 15 is 0 Å². The first-order valence-electron chi connectivity index (χ1n) is 12.5. The molecule has 2 N–H and O–H groups in total. The van der Waals surface area contributed by atoms with Crippen molar-refractivity contribution < 1.29 is 32.9 Å². The number of amides is 1. The van der Waals surface area contributed by atoms with E-state index in [0.717, 1.165) is 29.8 Å². The van der Waals surface area contributed by atoms with Crippen LogP contribution in [0.3, 0.4) is 0 Å². The smallest absolute Gasteiger partial charge is 0.416 e. The number of likely N-dealkylation sites (N-methyl/N-ethyl adjacent to an activating group) is 2. The second kappa shape index (κ2) is 7.98. The molecule has 1 amide bonds. The molecule has 6 rings (SSSR count). The van der Waals surface area contributed by atoms with Crippen LogP contribution >= 0.6 is 0 Å². The number of halogens is 3. The fourth-order valence-electron chi connectivity index (χ4n) is 7.33. The highest BCUT2D eigenvalue weighted by molar-refractivity contribution is 5.92. The van der Waals surface area contributed by atoms with E-state index in [1.54, 1.807) is 18.0 Å². The zero-order chi connectivity index (χ0) is 26.3. The Labute approximate surface area is 212 Å². The van der Waals surface area contributed by atoms with Crippen molar-refractivity contribution in [1.29, 1.82) is 0 Å². The lowest BCUT2D eigenvalue weighted by molar-refractivity contribution is -0.194. The van der Waals surface area contributed by atoms with Crippen molar-refractivity contribution in [2.75, 3.05) is 20.6 Å². The van der Waals surface area contributed by atoms with Crippen LogP contribution in [0.1, 0.15) is 41.5 Å². The number of likely N-dealkylation sites (tertiary alicyclic amines) is 1. The summed E-state index contributed by atoms with van der Waals surface area (Å²) in [5.74, 6) is 0.144. The molecule has 2 heterocycles. The molecule has 4 aliphatic rings. The van der Waals surface area contributed by atoms with E-state index in [4.69, 9.17) is 4.74 Å². The Bertz CT molecular complexity index is 1310. The van der Waals surface area contributed by atoms with Gasteiger partial charge in [0.25, 0.3) is 0 Å². The molecule has 2 fully saturated rings. The normalized spacial score (nSPS) is 32.2. The summed E-state index contributed by atoms with van der Waals surface area (Å²) in [6.45, 7) is 0.792. The highest BCUT2D eigenvalue weighted by Crippen LogP contribution is 2.65. The Morgan fingerprint density at radius 1 is 1.27 bits per heavy atom. The topological polar surface area (TPSA) is 73.2 Å². The Hall–Kier alpha value is -3.04. The van der Waals surface area contributed by atoms with Gasteiger partial charge >= 0.3 is 6.18 Å². The molecule has 2 aromatic carbocycles. The molecule has 2 bridgehead atoms. The molecule has 1 spiro atoms. The van der Waals surface area contributed by atoms with Crippen LogP contribution in [0.4, 0.5) is 13.2 Å². The van der Waals surface area contributed by atoms with Gasteiger partial charge in [-0.15, -0.1) is 0 Å². The summed E-state index contributed by atoms with van der Waals surface area (Å²) < 4.78 is 45.5. The summed E-state index contributed by atoms with van der Waals surface area (Å²) in [5, 5.41) is 23.0. The molecule has 9 heteroatoms. The van der Waals surface area contributed by atoms with Gasteiger partial charge < -0.3 is 24.7 Å². The summed E-state index contributed by atoms with van der Waals surface area (Å²) in [6.07, 6.45) is -0.0950. The van der Waals surface area contributed by atoms with E-state index < -0.39 is 28.9 Å². The Balaban J connectivity index is 1.30. The first-order valence-corrected chi connectivity index (χ1v) is 12.5. The summed E-state index contributed by atoms with van der Waals surface area (Å²) in [5.41, 5.74) is -0.314. The van der Waals surface area contributed by atoms with Crippen molar-refractivity contribution in [2.24, 2.45) is 0 Å². The lowest BCUT2D eigenvalue weighted by Gasteiger charge is -2.64. The number of hydrogen-bond donors (Lipinski definition) is 2. The number of phenolic OH excluding ortho intramolecular Hbond substituents is 1. The fourth-order valence-corrected chi connectivity index (χ4v) is 7.33. The van der Waals surface area contributed by atoms with Crippen molar-refractivity contribution >= 4 is 12.0 Å². The number of alkyl halides is 3. The van der Waals surface area contributed by atoms with Crippen molar-refractivity contribution in [3.63, 3.8) is 0 Å². The molecule has 2 aromatic rings. The summed E-state index contributed by atoms with van der Waals surface area (Å²) >= 11 is 0. The van der Waals surface area contributed by atoms with Crippen molar-refractivity contribution in [2.45, 2.75) is 61.1 Å². The molecule has 2 aliphatic heterocycles. The molecule has 0 aromatic heterocycles. The van der Waals surface area contributed by atoms with Crippen LogP contribution in [0, 0.1) is 0 Å².